The van der Waals surface area contributed by atoms with Crippen LogP contribution in [0.3, 0.4) is 0 Å². The second kappa shape index (κ2) is 8.79. The summed E-state index contributed by atoms with van der Waals surface area (Å²) in [7, 11) is 0.385. The van der Waals surface area contributed by atoms with Crippen molar-refractivity contribution >= 4 is 30.0 Å². The van der Waals surface area contributed by atoms with Crippen LogP contribution < -0.4 is 0 Å². The Morgan fingerprint density at radius 3 is 2.61 bits per heavy atom. The van der Waals surface area contributed by atoms with Crippen molar-refractivity contribution in [1.82, 2.24) is 0 Å². The van der Waals surface area contributed by atoms with Crippen molar-refractivity contribution in [3.63, 3.8) is 0 Å². The van der Waals surface area contributed by atoms with Crippen LogP contribution in [0.2, 0.25) is 25.7 Å². The molecule has 1 aliphatic rings. The van der Waals surface area contributed by atoms with Crippen LogP contribution in [0.4, 0.5) is 0 Å². The van der Waals surface area contributed by atoms with Gasteiger partial charge in [0, 0.05) is 20.0 Å². The van der Waals surface area contributed by atoms with E-state index in [1.807, 2.05) is 13.0 Å². The molecule has 0 spiro atoms. The van der Waals surface area contributed by atoms with Crippen molar-refractivity contribution in [2.75, 3.05) is 25.8 Å². The molecule has 0 aromatic carbocycles. The van der Waals surface area contributed by atoms with Crippen LogP contribution in [0.5, 0.6) is 0 Å². The highest BCUT2D eigenvalue weighted by Crippen LogP contribution is 2.44. The van der Waals surface area contributed by atoms with Gasteiger partial charge in [-0.25, -0.2) is 0 Å². The predicted molar refractivity (Wildman–Crippen MR) is 99.6 cm³/mol. The molecule has 0 aromatic rings. The lowest BCUT2D eigenvalue weighted by Gasteiger charge is -2.40. The van der Waals surface area contributed by atoms with Gasteiger partial charge in [-0.2, -0.15) is 0 Å². The SMILES string of the molecule is COC(=O)[C@]1(C)C(CBr)=C[C@@H](OCOCC[Si](C)(C)C)C[C@H]1C. The molecule has 1 aliphatic carbocycles. The number of carbonyl (C=O) groups is 1. The molecule has 23 heavy (non-hydrogen) atoms. The molecule has 6 heteroatoms. The van der Waals surface area contributed by atoms with Crippen LogP contribution >= 0.6 is 15.9 Å². The van der Waals surface area contributed by atoms with Gasteiger partial charge in [0.2, 0.25) is 0 Å². The Hall–Kier alpha value is -0.173. The molecule has 0 unspecified atom stereocenters. The third-order valence-corrected chi connectivity index (χ3v) is 7.05. The average Bonchev–Trinajstić information content (AvgIpc) is 2.48. The van der Waals surface area contributed by atoms with Crippen LogP contribution in [0.25, 0.3) is 0 Å². The molecule has 4 nitrogen and oxygen atoms in total. The fourth-order valence-corrected chi connectivity index (χ4v) is 4.31. The maximum absolute atomic E-state index is 12.2. The fourth-order valence-electron chi connectivity index (χ4n) is 2.78. The zero-order chi connectivity index (χ0) is 17.7. The molecule has 3 atom stereocenters. The van der Waals surface area contributed by atoms with Crippen LogP contribution in [0.1, 0.15) is 20.3 Å². The van der Waals surface area contributed by atoms with Gasteiger partial charge < -0.3 is 14.2 Å². The Balaban J connectivity index is 2.60. The van der Waals surface area contributed by atoms with Gasteiger partial charge in [0.05, 0.1) is 18.6 Å². The van der Waals surface area contributed by atoms with E-state index in [0.717, 1.165) is 24.6 Å². The van der Waals surface area contributed by atoms with E-state index in [9.17, 15) is 4.79 Å². The minimum atomic E-state index is -1.06. The van der Waals surface area contributed by atoms with Gasteiger partial charge in [-0.1, -0.05) is 48.6 Å². The molecule has 0 saturated heterocycles. The van der Waals surface area contributed by atoms with E-state index in [4.69, 9.17) is 14.2 Å². The summed E-state index contributed by atoms with van der Waals surface area (Å²) in [4.78, 5) is 12.2. The number of hydrogen-bond acceptors (Lipinski definition) is 4. The van der Waals surface area contributed by atoms with Crippen LogP contribution in [0.15, 0.2) is 11.6 Å². The summed E-state index contributed by atoms with van der Waals surface area (Å²) >= 11 is 3.50. The highest BCUT2D eigenvalue weighted by molar-refractivity contribution is 9.09. The molecule has 0 radical (unpaired) electrons. The summed E-state index contributed by atoms with van der Waals surface area (Å²) in [5.41, 5.74) is 0.437. The molecule has 0 aliphatic heterocycles. The van der Waals surface area contributed by atoms with Crippen molar-refractivity contribution < 1.29 is 19.0 Å². The third-order valence-electron chi connectivity index (χ3n) is 4.74. The minimum Gasteiger partial charge on any atom is -0.468 e. The highest BCUT2D eigenvalue weighted by Gasteiger charge is 2.46. The standard InChI is InChI=1S/C17H31BrO4Si/c1-13-9-15(22-12-21-7-8-23(4,5)6)10-14(11-18)17(13,2)16(19)20-3/h10,13,15H,7-9,11-12H2,1-6H3/t13-,15+,17+/m1/s1. The van der Waals surface area contributed by atoms with Gasteiger partial charge in [-0.15, -0.1) is 0 Å². The van der Waals surface area contributed by atoms with Crippen molar-refractivity contribution in [3.05, 3.63) is 11.6 Å². The monoisotopic (exact) mass is 406 g/mol. The van der Waals surface area contributed by atoms with Gasteiger partial charge in [-0.3, -0.25) is 4.79 Å². The van der Waals surface area contributed by atoms with E-state index in [2.05, 4.69) is 42.5 Å². The fraction of sp³-hybridized carbons (Fsp3) is 0.824. The number of methoxy groups -OCH3 is 1. The van der Waals surface area contributed by atoms with Crippen LogP contribution in [-0.4, -0.2) is 46.0 Å². The molecule has 0 saturated carbocycles. The van der Waals surface area contributed by atoms with Gasteiger partial charge in [0.15, 0.2) is 0 Å². The molecular formula is C17H31BrO4Si. The number of halogens is 1. The Bertz CT molecular complexity index is 433. The molecule has 0 heterocycles. The Morgan fingerprint density at radius 1 is 1.43 bits per heavy atom. The number of esters is 1. The Labute approximate surface area is 150 Å². The Kier molecular flexibility index (Phi) is 7.97. The van der Waals surface area contributed by atoms with E-state index >= 15 is 0 Å². The van der Waals surface area contributed by atoms with Crippen molar-refractivity contribution in [3.8, 4) is 0 Å². The predicted octanol–water partition coefficient (Wildman–Crippen LogP) is 4.22. The second-order valence-corrected chi connectivity index (χ2v) is 13.9. The van der Waals surface area contributed by atoms with Gasteiger partial charge in [0.25, 0.3) is 0 Å². The first-order valence-electron chi connectivity index (χ1n) is 8.20. The molecule has 0 N–H and O–H groups in total. The van der Waals surface area contributed by atoms with E-state index in [0.29, 0.717) is 12.1 Å². The molecule has 0 bridgehead atoms. The summed E-state index contributed by atoms with van der Waals surface area (Å²) in [6, 6.07) is 1.14. The van der Waals surface area contributed by atoms with Crippen molar-refractivity contribution in [2.24, 2.45) is 11.3 Å². The zero-order valence-corrected chi connectivity index (χ0v) is 17.9. The number of rotatable bonds is 8. The first-order valence-corrected chi connectivity index (χ1v) is 13.0. The van der Waals surface area contributed by atoms with Gasteiger partial charge in [0.1, 0.15) is 6.79 Å². The molecule has 0 aromatic heterocycles. The smallest absolute Gasteiger partial charge is 0.315 e. The lowest BCUT2D eigenvalue weighted by atomic mass is 9.67. The third kappa shape index (κ3) is 5.69. The van der Waals surface area contributed by atoms with E-state index in [1.165, 1.54) is 7.11 Å². The summed E-state index contributed by atoms with van der Waals surface area (Å²) in [5, 5.41) is 0.638. The molecule has 0 fully saturated rings. The molecule has 1 rings (SSSR count). The average molecular weight is 407 g/mol. The lowest BCUT2D eigenvalue weighted by Crippen LogP contribution is -2.43. The maximum atomic E-state index is 12.2. The van der Waals surface area contributed by atoms with Gasteiger partial charge >= 0.3 is 5.97 Å². The van der Waals surface area contributed by atoms with E-state index < -0.39 is 13.5 Å². The summed E-state index contributed by atoms with van der Waals surface area (Å²) in [5.74, 6) is -0.0278. The van der Waals surface area contributed by atoms with E-state index in [-0.39, 0.29) is 18.0 Å². The minimum absolute atomic E-state index is 0.0119. The van der Waals surface area contributed by atoms with Crippen LogP contribution in [0, 0.1) is 11.3 Å². The highest BCUT2D eigenvalue weighted by atomic mass is 79.9. The number of carbonyl (C=O) groups excluding carboxylic acids is 1. The first kappa shape index (κ1) is 20.9. The molecule has 0 amide bonds. The summed E-state index contributed by atoms with van der Waals surface area (Å²) in [6.07, 6.45) is 2.83. The molecule has 134 valence electrons. The first-order chi connectivity index (χ1) is 10.6. The van der Waals surface area contributed by atoms with E-state index in [1.54, 1.807) is 0 Å². The Morgan fingerprint density at radius 2 is 2.09 bits per heavy atom. The number of hydrogen-bond donors (Lipinski definition) is 0. The van der Waals surface area contributed by atoms with Crippen molar-refractivity contribution in [2.45, 2.75) is 52.1 Å². The maximum Gasteiger partial charge on any atom is 0.315 e. The molecular weight excluding hydrogens is 376 g/mol. The summed E-state index contributed by atoms with van der Waals surface area (Å²) in [6.45, 7) is 12.1. The topological polar surface area (TPSA) is 44.8 Å². The number of alkyl halides is 1. The zero-order valence-electron chi connectivity index (χ0n) is 15.3. The van der Waals surface area contributed by atoms with Gasteiger partial charge in [-0.05, 0) is 30.9 Å². The largest absolute Gasteiger partial charge is 0.468 e. The normalized spacial score (nSPS) is 28.4. The van der Waals surface area contributed by atoms with Crippen LogP contribution in [-0.2, 0) is 19.0 Å². The second-order valence-electron chi connectivity index (χ2n) is 7.70. The number of ether oxygens (including phenoxy) is 3. The quantitative estimate of drug-likeness (QED) is 0.151. The summed E-state index contributed by atoms with van der Waals surface area (Å²) < 4.78 is 16.5. The van der Waals surface area contributed by atoms with Crippen molar-refractivity contribution in [1.29, 1.82) is 0 Å². The lowest BCUT2D eigenvalue weighted by molar-refractivity contribution is -0.154.